The number of halogens is 2. The molecule has 1 aromatic heterocycles. The van der Waals surface area contributed by atoms with Gasteiger partial charge in [-0.05, 0) is 25.0 Å². The molecule has 0 bridgehead atoms. The number of alkyl halides is 2. The van der Waals surface area contributed by atoms with Gasteiger partial charge in [-0.1, -0.05) is 0 Å². The number of nitrogens with two attached hydrogens (primary N) is 1. The lowest BCUT2D eigenvalue weighted by molar-refractivity contribution is 0.00563. The molecule has 0 saturated carbocycles. The second-order valence-corrected chi connectivity index (χ2v) is 4.01. The molecule has 0 radical (unpaired) electrons. The molecule has 0 unspecified atom stereocenters. The highest BCUT2D eigenvalue weighted by molar-refractivity contribution is 5.40. The number of pyridine rings is 1. The summed E-state index contributed by atoms with van der Waals surface area (Å²) in [5, 5.41) is 0. The lowest BCUT2D eigenvalue weighted by Gasteiger charge is -2.18. The van der Waals surface area contributed by atoms with E-state index in [0.717, 1.165) is 31.7 Å². The predicted octanol–water partition coefficient (Wildman–Crippen LogP) is 1.73. The van der Waals surface area contributed by atoms with E-state index >= 15 is 0 Å². The maximum Gasteiger partial charge on any atom is 0.286 e. The summed E-state index contributed by atoms with van der Waals surface area (Å²) in [4.78, 5) is 6.17. The third kappa shape index (κ3) is 2.14. The van der Waals surface area contributed by atoms with E-state index in [1.165, 1.54) is 12.3 Å². The Kier molecular flexibility index (Phi) is 3.05. The van der Waals surface area contributed by atoms with Gasteiger partial charge in [0.15, 0.2) is 0 Å². The Hall–Kier alpha value is -1.23. The van der Waals surface area contributed by atoms with E-state index < -0.39 is 12.5 Å². The fraction of sp³-hybridized carbons (Fsp3) is 0.545. The van der Waals surface area contributed by atoms with E-state index in [0.29, 0.717) is 0 Å². The Morgan fingerprint density at radius 2 is 2.00 bits per heavy atom. The Morgan fingerprint density at radius 1 is 1.31 bits per heavy atom. The highest BCUT2D eigenvalue weighted by atomic mass is 19.3. The quantitative estimate of drug-likeness (QED) is 0.855. The van der Waals surface area contributed by atoms with Crippen LogP contribution in [0.15, 0.2) is 18.3 Å². The number of nitrogens with zero attached hydrogens (tertiary/aromatic N) is 2. The third-order valence-electron chi connectivity index (χ3n) is 2.86. The van der Waals surface area contributed by atoms with Crippen LogP contribution in [0.5, 0.6) is 0 Å². The summed E-state index contributed by atoms with van der Waals surface area (Å²) >= 11 is 0. The van der Waals surface area contributed by atoms with Gasteiger partial charge in [-0.3, -0.25) is 0 Å². The van der Waals surface area contributed by atoms with E-state index in [9.17, 15) is 8.78 Å². The van der Waals surface area contributed by atoms with Crippen molar-refractivity contribution in [2.24, 2.45) is 5.73 Å². The zero-order valence-electron chi connectivity index (χ0n) is 9.00. The number of aromatic nitrogens is 1. The van der Waals surface area contributed by atoms with Gasteiger partial charge in [0.25, 0.3) is 5.92 Å². The highest BCUT2D eigenvalue weighted by Gasteiger charge is 2.30. The van der Waals surface area contributed by atoms with Gasteiger partial charge < -0.3 is 10.6 Å². The van der Waals surface area contributed by atoms with Crippen molar-refractivity contribution in [3.63, 3.8) is 0 Å². The molecular formula is C11H15F2N3. The van der Waals surface area contributed by atoms with Gasteiger partial charge >= 0.3 is 0 Å². The van der Waals surface area contributed by atoms with E-state index in [4.69, 9.17) is 5.73 Å². The zero-order chi connectivity index (χ0) is 11.6. The van der Waals surface area contributed by atoms with Crippen LogP contribution in [0.3, 0.4) is 0 Å². The van der Waals surface area contributed by atoms with Crippen LogP contribution in [0.25, 0.3) is 0 Å². The van der Waals surface area contributed by atoms with Crippen LogP contribution in [0, 0.1) is 0 Å². The summed E-state index contributed by atoms with van der Waals surface area (Å²) < 4.78 is 26.4. The van der Waals surface area contributed by atoms with E-state index in [-0.39, 0.29) is 5.56 Å². The van der Waals surface area contributed by atoms with Crippen LogP contribution in [0.4, 0.5) is 14.6 Å². The van der Waals surface area contributed by atoms with E-state index in [2.05, 4.69) is 9.88 Å². The molecule has 0 spiro atoms. The SMILES string of the molecule is NCC(F)(F)c1ccc(N2CCCC2)nc1. The van der Waals surface area contributed by atoms with E-state index in [1.807, 2.05) is 0 Å². The molecule has 1 saturated heterocycles. The summed E-state index contributed by atoms with van der Waals surface area (Å²) in [5.74, 6) is -2.20. The monoisotopic (exact) mass is 227 g/mol. The average Bonchev–Trinajstić information content (AvgIpc) is 2.83. The molecule has 1 aliphatic rings. The summed E-state index contributed by atoms with van der Waals surface area (Å²) in [5.41, 5.74) is 4.90. The van der Waals surface area contributed by atoms with Gasteiger partial charge in [0, 0.05) is 24.8 Å². The van der Waals surface area contributed by atoms with Gasteiger partial charge in [-0.25, -0.2) is 4.98 Å². The first-order valence-corrected chi connectivity index (χ1v) is 5.43. The fourth-order valence-corrected chi connectivity index (χ4v) is 1.85. The lowest BCUT2D eigenvalue weighted by Crippen LogP contribution is -2.25. The van der Waals surface area contributed by atoms with Crippen molar-refractivity contribution in [1.29, 1.82) is 0 Å². The van der Waals surface area contributed by atoms with Crippen molar-refractivity contribution in [3.8, 4) is 0 Å². The normalized spacial score (nSPS) is 16.8. The minimum Gasteiger partial charge on any atom is -0.357 e. The molecule has 2 rings (SSSR count). The molecule has 3 nitrogen and oxygen atoms in total. The van der Waals surface area contributed by atoms with Crippen molar-refractivity contribution in [3.05, 3.63) is 23.9 Å². The van der Waals surface area contributed by atoms with Crippen LogP contribution in [0.1, 0.15) is 18.4 Å². The summed E-state index contributed by atoms with van der Waals surface area (Å²) in [6, 6.07) is 3.05. The van der Waals surface area contributed by atoms with Crippen LogP contribution in [0.2, 0.25) is 0 Å². The Balaban J connectivity index is 2.15. The molecule has 0 aliphatic carbocycles. The van der Waals surface area contributed by atoms with Crippen LogP contribution in [-0.4, -0.2) is 24.6 Å². The minimum atomic E-state index is -2.98. The number of anilines is 1. The lowest BCUT2D eigenvalue weighted by atomic mass is 10.1. The van der Waals surface area contributed by atoms with Crippen molar-refractivity contribution in [2.75, 3.05) is 24.5 Å². The molecule has 16 heavy (non-hydrogen) atoms. The molecule has 1 aromatic rings. The van der Waals surface area contributed by atoms with Crippen LogP contribution in [-0.2, 0) is 5.92 Å². The summed E-state index contributed by atoms with van der Waals surface area (Å²) in [7, 11) is 0. The summed E-state index contributed by atoms with van der Waals surface area (Å²) in [6.07, 6.45) is 3.51. The topological polar surface area (TPSA) is 42.1 Å². The molecule has 0 aromatic carbocycles. The molecular weight excluding hydrogens is 212 g/mol. The Labute approximate surface area is 93.3 Å². The highest BCUT2D eigenvalue weighted by Crippen LogP contribution is 2.27. The first-order chi connectivity index (χ1) is 7.63. The maximum absolute atomic E-state index is 13.2. The fourth-order valence-electron chi connectivity index (χ4n) is 1.85. The van der Waals surface area contributed by atoms with Gasteiger partial charge in [0.1, 0.15) is 5.82 Å². The van der Waals surface area contributed by atoms with Crippen molar-refractivity contribution in [2.45, 2.75) is 18.8 Å². The molecule has 0 amide bonds. The third-order valence-corrected chi connectivity index (χ3v) is 2.86. The molecule has 2 heterocycles. The molecule has 1 fully saturated rings. The molecule has 5 heteroatoms. The van der Waals surface area contributed by atoms with Crippen LogP contribution >= 0.6 is 0 Å². The van der Waals surface area contributed by atoms with Gasteiger partial charge in [-0.2, -0.15) is 8.78 Å². The first-order valence-electron chi connectivity index (χ1n) is 5.43. The maximum atomic E-state index is 13.2. The van der Waals surface area contributed by atoms with Crippen molar-refractivity contribution < 1.29 is 8.78 Å². The number of hydrogen-bond acceptors (Lipinski definition) is 3. The van der Waals surface area contributed by atoms with Gasteiger partial charge in [0.2, 0.25) is 0 Å². The minimum absolute atomic E-state index is 0.113. The van der Waals surface area contributed by atoms with Crippen LogP contribution < -0.4 is 10.6 Å². The number of hydrogen-bond donors (Lipinski definition) is 1. The largest absolute Gasteiger partial charge is 0.357 e. The average molecular weight is 227 g/mol. The standard InChI is InChI=1S/C11H15F2N3/c12-11(13,8-14)9-3-4-10(15-7-9)16-5-1-2-6-16/h3-4,7H,1-2,5-6,8,14H2. The Bertz CT molecular complexity index is 345. The van der Waals surface area contributed by atoms with Gasteiger partial charge in [0.05, 0.1) is 6.54 Å². The summed E-state index contributed by atoms with van der Waals surface area (Å²) in [6.45, 7) is 1.23. The molecule has 1 aliphatic heterocycles. The molecule has 0 atom stereocenters. The zero-order valence-corrected chi connectivity index (χ0v) is 9.00. The van der Waals surface area contributed by atoms with Crippen molar-refractivity contribution >= 4 is 5.82 Å². The van der Waals surface area contributed by atoms with Crippen molar-refractivity contribution in [1.82, 2.24) is 4.98 Å². The smallest absolute Gasteiger partial charge is 0.286 e. The Morgan fingerprint density at radius 3 is 2.50 bits per heavy atom. The predicted molar refractivity (Wildman–Crippen MR) is 58.6 cm³/mol. The first kappa shape index (κ1) is 11.3. The second kappa shape index (κ2) is 4.33. The molecule has 88 valence electrons. The second-order valence-electron chi connectivity index (χ2n) is 4.01. The van der Waals surface area contributed by atoms with E-state index in [1.54, 1.807) is 6.07 Å². The molecule has 2 N–H and O–H groups in total. The number of rotatable bonds is 3. The van der Waals surface area contributed by atoms with Gasteiger partial charge in [-0.15, -0.1) is 0 Å².